The second kappa shape index (κ2) is 4.41. The Labute approximate surface area is 83.2 Å². The minimum atomic E-state index is -0.245. The van der Waals surface area contributed by atoms with E-state index in [1.807, 2.05) is 11.8 Å². The van der Waals surface area contributed by atoms with Gasteiger partial charge in [-0.25, -0.2) is 0 Å². The summed E-state index contributed by atoms with van der Waals surface area (Å²) < 4.78 is 4.99. The average Bonchev–Trinajstić information content (AvgIpc) is 2.34. The molecule has 1 fully saturated rings. The first-order valence-electron chi connectivity index (χ1n) is 4.29. The van der Waals surface area contributed by atoms with Gasteiger partial charge in [-0.2, -0.15) is 0 Å². The Balaban J connectivity index is 2.30. The molecular weight excluding hydrogens is 188 g/mol. The summed E-state index contributed by atoms with van der Waals surface area (Å²) in [5.74, 6) is -0.245. The van der Waals surface area contributed by atoms with Crippen LogP contribution in [-0.4, -0.2) is 41.7 Å². The molecule has 0 aromatic heterocycles. The van der Waals surface area contributed by atoms with Crippen LogP contribution in [0.15, 0.2) is 0 Å². The lowest BCUT2D eigenvalue weighted by atomic mass is 10.4. The fourth-order valence-corrected chi connectivity index (χ4v) is 1.58. The van der Waals surface area contributed by atoms with Crippen molar-refractivity contribution in [3.63, 3.8) is 0 Å². The monoisotopic (exact) mass is 202 g/mol. The van der Waals surface area contributed by atoms with Crippen LogP contribution in [0.1, 0.15) is 13.8 Å². The van der Waals surface area contributed by atoms with E-state index in [1.165, 1.54) is 6.92 Å². The third-order valence-electron chi connectivity index (χ3n) is 1.79. The molecule has 74 valence electrons. The van der Waals surface area contributed by atoms with Gasteiger partial charge in [-0.3, -0.25) is 4.79 Å². The highest BCUT2D eigenvalue weighted by molar-refractivity contribution is 7.80. The summed E-state index contributed by atoms with van der Waals surface area (Å²) in [4.78, 5) is 12.6. The molecule has 1 saturated heterocycles. The normalized spacial score (nSPS) is 18.3. The van der Waals surface area contributed by atoms with Crippen molar-refractivity contribution in [3.05, 3.63) is 0 Å². The molecule has 0 aliphatic carbocycles. The predicted octanol–water partition coefficient (Wildman–Crippen LogP) is 0.128. The van der Waals surface area contributed by atoms with Crippen LogP contribution in [0, 0.1) is 0 Å². The van der Waals surface area contributed by atoms with Gasteiger partial charge in [0.15, 0.2) is 5.11 Å². The van der Waals surface area contributed by atoms with Gasteiger partial charge in [-0.1, -0.05) is 0 Å². The van der Waals surface area contributed by atoms with Gasteiger partial charge in [-0.15, -0.1) is 0 Å². The number of thiocarbonyl (C=S) groups is 1. The summed E-state index contributed by atoms with van der Waals surface area (Å²) in [6, 6.07) is 0. The molecule has 0 aromatic carbocycles. The third-order valence-corrected chi connectivity index (χ3v) is 2.19. The smallest absolute Gasteiger partial charge is 0.302 e. The van der Waals surface area contributed by atoms with Crippen molar-refractivity contribution in [3.8, 4) is 0 Å². The zero-order valence-corrected chi connectivity index (χ0v) is 8.69. The molecule has 5 heteroatoms. The number of carbonyl (C=O) groups is 1. The van der Waals surface area contributed by atoms with Crippen LogP contribution in [0.4, 0.5) is 0 Å². The van der Waals surface area contributed by atoms with Crippen LogP contribution in [-0.2, 0) is 9.53 Å². The average molecular weight is 202 g/mol. The maximum atomic E-state index is 10.6. The van der Waals surface area contributed by atoms with Crippen LogP contribution in [0.25, 0.3) is 0 Å². The predicted molar refractivity (Wildman–Crippen MR) is 53.4 cm³/mol. The summed E-state index contributed by atoms with van der Waals surface area (Å²) in [6.07, 6.45) is -0.102. The van der Waals surface area contributed by atoms with Crippen molar-refractivity contribution >= 4 is 23.3 Å². The summed E-state index contributed by atoms with van der Waals surface area (Å²) >= 11 is 5.05. The molecule has 0 amide bonds. The van der Waals surface area contributed by atoms with Gasteiger partial charge in [-0.05, 0) is 19.1 Å². The lowest BCUT2D eigenvalue weighted by Crippen LogP contribution is -2.35. The fourth-order valence-electron chi connectivity index (χ4n) is 1.32. The van der Waals surface area contributed by atoms with Crippen molar-refractivity contribution in [1.82, 2.24) is 10.2 Å². The maximum absolute atomic E-state index is 10.6. The Hall–Kier alpha value is -0.840. The molecule has 1 unspecified atom stereocenters. The summed E-state index contributed by atoms with van der Waals surface area (Å²) in [5.41, 5.74) is 0. The number of ether oxygens (including phenoxy) is 1. The largest absolute Gasteiger partial charge is 0.461 e. The number of hydrogen-bond donors (Lipinski definition) is 1. The summed E-state index contributed by atoms with van der Waals surface area (Å²) in [5, 5.41) is 3.79. The lowest BCUT2D eigenvalue weighted by Gasteiger charge is -2.20. The van der Waals surface area contributed by atoms with Crippen molar-refractivity contribution in [1.29, 1.82) is 0 Å². The molecule has 1 aliphatic rings. The second-order valence-corrected chi connectivity index (χ2v) is 3.48. The minimum absolute atomic E-state index is 0.102. The highest BCUT2D eigenvalue weighted by atomic mass is 32.1. The van der Waals surface area contributed by atoms with Gasteiger partial charge >= 0.3 is 5.97 Å². The van der Waals surface area contributed by atoms with Gasteiger partial charge in [0, 0.05) is 20.0 Å². The van der Waals surface area contributed by atoms with Crippen LogP contribution in [0.2, 0.25) is 0 Å². The van der Waals surface area contributed by atoms with Crippen LogP contribution < -0.4 is 5.32 Å². The molecule has 1 N–H and O–H groups in total. The Bertz CT molecular complexity index is 220. The molecule has 1 heterocycles. The molecule has 1 aliphatic heterocycles. The van der Waals surface area contributed by atoms with E-state index in [0.717, 1.165) is 18.2 Å². The van der Waals surface area contributed by atoms with E-state index in [-0.39, 0.29) is 12.1 Å². The molecule has 0 spiro atoms. The highest BCUT2D eigenvalue weighted by Gasteiger charge is 2.18. The quantitative estimate of drug-likeness (QED) is 0.520. The number of carbonyl (C=O) groups excluding carboxylic acids is 1. The molecule has 0 aromatic rings. The highest BCUT2D eigenvalue weighted by Crippen LogP contribution is 2.01. The van der Waals surface area contributed by atoms with Gasteiger partial charge in [0.1, 0.15) is 6.10 Å². The van der Waals surface area contributed by atoms with Gasteiger partial charge in [0.05, 0.1) is 6.54 Å². The zero-order chi connectivity index (χ0) is 9.84. The van der Waals surface area contributed by atoms with E-state index in [4.69, 9.17) is 17.0 Å². The van der Waals surface area contributed by atoms with Crippen molar-refractivity contribution in [2.24, 2.45) is 0 Å². The van der Waals surface area contributed by atoms with Crippen molar-refractivity contribution < 1.29 is 9.53 Å². The van der Waals surface area contributed by atoms with Gasteiger partial charge in [0.2, 0.25) is 0 Å². The minimum Gasteiger partial charge on any atom is -0.461 e. The summed E-state index contributed by atoms with van der Waals surface area (Å²) in [6.45, 7) is 5.72. The van der Waals surface area contributed by atoms with Crippen molar-refractivity contribution in [2.75, 3.05) is 19.6 Å². The molecule has 13 heavy (non-hydrogen) atoms. The Kier molecular flexibility index (Phi) is 3.48. The molecule has 0 radical (unpaired) electrons. The van der Waals surface area contributed by atoms with E-state index in [1.54, 1.807) is 0 Å². The molecular formula is C8H14N2O2S. The second-order valence-electron chi connectivity index (χ2n) is 3.10. The van der Waals surface area contributed by atoms with Crippen LogP contribution >= 0.6 is 12.2 Å². The van der Waals surface area contributed by atoms with E-state index in [0.29, 0.717) is 6.54 Å². The first-order valence-corrected chi connectivity index (χ1v) is 4.70. The lowest BCUT2D eigenvalue weighted by molar-refractivity contribution is -0.145. The Morgan fingerprint density at radius 3 is 3.00 bits per heavy atom. The summed E-state index contributed by atoms with van der Waals surface area (Å²) in [7, 11) is 0. The molecule has 0 saturated carbocycles. The number of rotatable bonds is 3. The van der Waals surface area contributed by atoms with Crippen LogP contribution in [0.5, 0.6) is 0 Å². The first kappa shape index (κ1) is 10.2. The van der Waals surface area contributed by atoms with E-state index in [2.05, 4.69) is 5.32 Å². The molecule has 1 atom stereocenters. The number of nitrogens with one attached hydrogen (secondary N) is 1. The van der Waals surface area contributed by atoms with Crippen molar-refractivity contribution in [2.45, 2.75) is 20.0 Å². The van der Waals surface area contributed by atoms with E-state index in [9.17, 15) is 4.79 Å². The topological polar surface area (TPSA) is 41.6 Å². The van der Waals surface area contributed by atoms with Gasteiger partial charge in [0.25, 0.3) is 0 Å². The van der Waals surface area contributed by atoms with E-state index < -0.39 is 0 Å². The Morgan fingerprint density at radius 2 is 2.54 bits per heavy atom. The zero-order valence-electron chi connectivity index (χ0n) is 7.87. The first-order chi connectivity index (χ1) is 6.09. The van der Waals surface area contributed by atoms with E-state index >= 15 is 0 Å². The fraction of sp³-hybridized carbons (Fsp3) is 0.750. The molecule has 0 bridgehead atoms. The molecule has 1 rings (SSSR count). The number of hydrogen-bond acceptors (Lipinski definition) is 3. The molecule has 4 nitrogen and oxygen atoms in total. The third kappa shape index (κ3) is 3.18. The SMILES string of the molecule is CC(=O)OC(C)CN1CCNC1=S. The standard InChI is InChI=1S/C8H14N2O2S/c1-6(12-7(2)11)5-10-4-3-9-8(10)13/h6H,3-5H2,1-2H3,(H,9,13). The maximum Gasteiger partial charge on any atom is 0.302 e. The van der Waals surface area contributed by atoms with Crippen LogP contribution in [0.3, 0.4) is 0 Å². The van der Waals surface area contributed by atoms with Gasteiger partial charge < -0.3 is 15.0 Å². The Morgan fingerprint density at radius 1 is 1.85 bits per heavy atom. The number of nitrogens with zero attached hydrogens (tertiary/aromatic N) is 1. The number of esters is 1.